The molecule has 0 fully saturated rings. The highest BCUT2D eigenvalue weighted by Crippen LogP contribution is 2.29. The molecule has 26 heavy (non-hydrogen) atoms. The Morgan fingerprint density at radius 1 is 1.27 bits per heavy atom. The van der Waals surface area contributed by atoms with Crippen molar-refractivity contribution in [2.75, 3.05) is 6.54 Å². The highest BCUT2D eigenvalue weighted by atomic mass is 16.2. The lowest BCUT2D eigenvalue weighted by atomic mass is 9.93. The minimum Gasteiger partial charge on any atom is -0.336 e. The van der Waals surface area contributed by atoms with Crippen molar-refractivity contribution >= 4 is 16.8 Å². The lowest BCUT2D eigenvalue weighted by molar-refractivity contribution is -0.133. The molecule has 1 aromatic carbocycles. The molecule has 1 N–H and O–H groups in total. The number of amides is 1. The molecular formula is C20H25N5O. The lowest BCUT2D eigenvalue weighted by Crippen LogP contribution is -2.38. The predicted molar refractivity (Wildman–Crippen MR) is 101 cm³/mol. The molecule has 3 aromatic rings. The molecule has 1 aliphatic rings. The van der Waals surface area contributed by atoms with Crippen LogP contribution in [0.2, 0.25) is 0 Å². The molecular weight excluding hydrogens is 326 g/mol. The number of carbonyl (C=O) groups is 1. The Labute approximate surface area is 153 Å². The van der Waals surface area contributed by atoms with Crippen LogP contribution in [0.15, 0.2) is 30.5 Å². The fourth-order valence-corrected chi connectivity index (χ4v) is 3.88. The maximum atomic E-state index is 12.8. The Morgan fingerprint density at radius 3 is 2.85 bits per heavy atom. The van der Waals surface area contributed by atoms with Gasteiger partial charge in [-0.1, -0.05) is 32.0 Å². The predicted octanol–water partition coefficient (Wildman–Crippen LogP) is 3.25. The molecule has 6 nitrogen and oxygen atoms in total. The average Bonchev–Trinajstić information content (AvgIpc) is 3.26. The molecule has 0 aliphatic carbocycles. The number of hydrogen-bond acceptors (Lipinski definition) is 3. The number of aromatic nitrogens is 4. The number of nitrogens with zero attached hydrogens (tertiary/aromatic N) is 4. The standard InChI is InChI=1S/C20H25N5O/c1-3-14(4-2)20-16-12-24(10-9-18(16)21-22-20)19(26)13-25-11-15-7-5-6-8-17(15)23-25/h5-8,11,14H,3-4,9-10,12-13H2,1-2H3,(H,21,22). The SMILES string of the molecule is CCC(CC)c1n[nH]c2c1CN(C(=O)Cn1cc3ccccc3n1)CC2. The highest BCUT2D eigenvalue weighted by Gasteiger charge is 2.27. The van der Waals surface area contributed by atoms with Crippen LogP contribution in [0.1, 0.15) is 49.6 Å². The zero-order valence-electron chi connectivity index (χ0n) is 15.4. The van der Waals surface area contributed by atoms with Crippen molar-refractivity contribution in [3.05, 3.63) is 47.4 Å². The smallest absolute Gasteiger partial charge is 0.244 e. The van der Waals surface area contributed by atoms with Gasteiger partial charge in [0, 0.05) is 48.3 Å². The summed E-state index contributed by atoms with van der Waals surface area (Å²) in [7, 11) is 0. The minimum atomic E-state index is 0.111. The Kier molecular flexibility index (Phi) is 4.49. The molecule has 3 heterocycles. The largest absolute Gasteiger partial charge is 0.336 e. The van der Waals surface area contributed by atoms with Gasteiger partial charge in [0.15, 0.2) is 0 Å². The molecule has 0 unspecified atom stereocenters. The van der Waals surface area contributed by atoms with E-state index >= 15 is 0 Å². The van der Waals surface area contributed by atoms with Crippen LogP contribution in [-0.4, -0.2) is 37.3 Å². The van der Waals surface area contributed by atoms with Crippen molar-refractivity contribution in [1.29, 1.82) is 0 Å². The van der Waals surface area contributed by atoms with Crippen LogP contribution in [0.4, 0.5) is 0 Å². The average molecular weight is 351 g/mol. The van der Waals surface area contributed by atoms with E-state index in [1.165, 1.54) is 11.3 Å². The topological polar surface area (TPSA) is 66.8 Å². The summed E-state index contributed by atoms with van der Waals surface area (Å²) in [5.74, 6) is 0.571. The van der Waals surface area contributed by atoms with Gasteiger partial charge in [-0.05, 0) is 18.9 Å². The van der Waals surface area contributed by atoms with Crippen molar-refractivity contribution in [3.63, 3.8) is 0 Å². The first kappa shape index (κ1) is 16.8. The van der Waals surface area contributed by atoms with Crippen LogP contribution in [0.5, 0.6) is 0 Å². The minimum absolute atomic E-state index is 0.111. The maximum absolute atomic E-state index is 12.8. The fraction of sp³-hybridized carbons (Fsp3) is 0.450. The zero-order valence-corrected chi connectivity index (χ0v) is 15.4. The second kappa shape index (κ2) is 6.94. The van der Waals surface area contributed by atoms with E-state index in [0.717, 1.165) is 42.4 Å². The van der Waals surface area contributed by atoms with E-state index in [4.69, 9.17) is 0 Å². The van der Waals surface area contributed by atoms with E-state index < -0.39 is 0 Å². The summed E-state index contributed by atoms with van der Waals surface area (Å²) in [5.41, 5.74) is 4.49. The lowest BCUT2D eigenvalue weighted by Gasteiger charge is -2.28. The Hall–Kier alpha value is -2.63. The van der Waals surface area contributed by atoms with Crippen molar-refractivity contribution < 1.29 is 4.79 Å². The van der Waals surface area contributed by atoms with Crippen molar-refractivity contribution in [2.24, 2.45) is 0 Å². The summed E-state index contributed by atoms with van der Waals surface area (Å²) in [6.07, 6.45) is 4.93. The molecule has 0 bridgehead atoms. The number of benzene rings is 1. The summed E-state index contributed by atoms with van der Waals surface area (Å²) in [6.45, 7) is 6.06. The third kappa shape index (κ3) is 3.00. The van der Waals surface area contributed by atoms with Crippen LogP contribution in [-0.2, 0) is 24.3 Å². The van der Waals surface area contributed by atoms with Crippen molar-refractivity contribution in [1.82, 2.24) is 24.9 Å². The summed E-state index contributed by atoms with van der Waals surface area (Å²) >= 11 is 0. The fourth-order valence-electron chi connectivity index (χ4n) is 3.88. The number of nitrogens with one attached hydrogen (secondary N) is 1. The summed E-state index contributed by atoms with van der Waals surface area (Å²) in [4.78, 5) is 14.8. The molecule has 136 valence electrons. The number of H-pyrrole nitrogens is 1. The van der Waals surface area contributed by atoms with E-state index in [-0.39, 0.29) is 12.5 Å². The van der Waals surface area contributed by atoms with Crippen molar-refractivity contribution in [3.8, 4) is 0 Å². The van der Waals surface area contributed by atoms with Crippen LogP contribution in [0, 0.1) is 0 Å². The van der Waals surface area contributed by atoms with Crippen LogP contribution in [0.3, 0.4) is 0 Å². The number of carbonyl (C=O) groups excluding carboxylic acids is 1. The molecule has 0 saturated carbocycles. The van der Waals surface area contributed by atoms with E-state index in [2.05, 4.69) is 29.1 Å². The molecule has 0 radical (unpaired) electrons. The van der Waals surface area contributed by atoms with Crippen molar-refractivity contribution in [2.45, 2.75) is 52.1 Å². The van der Waals surface area contributed by atoms with Crippen LogP contribution in [0.25, 0.3) is 10.9 Å². The first-order chi connectivity index (χ1) is 12.7. The number of rotatable bonds is 5. The Balaban J connectivity index is 1.51. The second-order valence-corrected chi connectivity index (χ2v) is 7.03. The van der Waals surface area contributed by atoms with Gasteiger partial charge < -0.3 is 4.90 Å². The summed E-state index contributed by atoms with van der Waals surface area (Å²) in [6, 6.07) is 7.94. The molecule has 1 aliphatic heterocycles. The van der Waals surface area contributed by atoms with Gasteiger partial charge in [0.2, 0.25) is 5.91 Å². The van der Waals surface area contributed by atoms with Gasteiger partial charge >= 0.3 is 0 Å². The van der Waals surface area contributed by atoms with E-state index in [1.54, 1.807) is 4.68 Å². The van der Waals surface area contributed by atoms with Crippen LogP contribution >= 0.6 is 0 Å². The monoisotopic (exact) mass is 351 g/mol. The molecule has 0 saturated heterocycles. The highest BCUT2D eigenvalue weighted by molar-refractivity contribution is 5.80. The van der Waals surface area contributed by atoms with Crippen LogP contribution < -0.4 is 0 Å². The molecule has 2 aromatic heterocycles. The number of hydrogen-bond donors (Lipinski definition) is 1. The first-order valence-corrected chi connectivity index (χ1v) is 9.45. The quantitative estimate of drug-likeness (QED) is 0.767. The van der Waals surface area contributed by atoms with E-state index in [1.807, 2.05) is 35.4 Å². The normalized spacial score (nSPS) is 14.2. The third-order valence-electron chi connectivity index (χ3n) is 5.45. The van der Waals surface area contributed by atoms with Gasteiger partial charge in [0.25, 0.3) is 0 Å². The van der Waals surface area contributed by atoms with E-state index in [0.29, 0.717) is 12.5 Å². The molecule has 0 atom stereocenters. The molecule has 1 amide bonds. The van der Waals surface area contributed by atoms with E-state index in [9.17, 15) is 4.79 Å². The van der Waals surface area contributed by atoms with Gasteiger partial charge in [0.1, 0.15) is 6.54 Å². The summed E-state index contributed by atoms with van der Waals surface area (Å²) in [5, 5.41) is 13.3. The van der Waals surface area contributed by atoms with Gasteiger partial charge in [-0.3, -0.25) is 14.6 Å². The second-order valence-electron chi connectivity index (χ2n) is 7.03. The van der Waals surface area contributed by atoms with Gasteiger partial charge in [0.05, 0.1) is 11.2 Å². The number of fused-ring (bicyclic) bond motifs is 2. The van der Waals surface area contributed by atoms with Gasteiger partial charge in [-0.15, -0.1) is 0 Å². The first-order valence-electron chi connectivity index (χ1n) is 9.45. The molecule has 4 rings (SSSR count). The summed E-state index contributed by atoms with van der Waals surface area (Å²) < 4.78 is 1.75. The Bertz CT molecular complexity index is 888. The number of aromatic amines is 1. The molecule has 0 spiro atoms. The third-order valence-corrected chi connectivity index (χ3v) is 5.45. The zero-order chi connectivity index (χ0) is 18.1. The van der Waals surface area contributed by atoms with Gasteiger partial charge in [-0.25, -0.2) is 0 Å². The Morgan fingerprint density at radius 2 is 2.08 bits per heavy atom. The maximum Gasteiger partial charge on any atom is 0.244 e. The molecule has 6 heteroatoms. The van der Waals surface area contributed by atoms with Gasteiger partial charge in [-0.2, -0.15) is 10.2 Å².